The number of aryl methyl sites for hydroxylation is 1. The van der Waals surface area contributed by atoms with Crippen molar-refractivity contribution in [1.82, 2.24) is 0 Å². The van der Waals surface area contributed by atoms with E-state index in [1.807, 2.05) is 0 Å². The molecule has 2 aromatic carbocycles. The molecule has 2 rings (SSSR count). The molecule has 1 nitrogen and oxygen atoms in total. The normalized spacial score (nSPS) is 12.4. The van der Waals surface area contributed by atoms with Crippen LogP contribution in [-0.2, 0) is 23.9 Å². The van der Waals surface area contributed by atoms with E-state index in [1.54, 1.807) is 0 Å². The summed E-state index contributed by atoms with van der Waals surface area (Å²) in [6, 6.07) is 15.8. The summed E-state index contributed by atoms with van der Waals surface area (Å²) in [6.07, 6.45) is 2.09. The van der Waals surface area contributed by atoms with Crippen molar-refractivity contribution in [1.29, 1.82) is 0 Å². The fraction of sp³-hybridized carbons (Fsp3) is 0.455. The Balaban J connectivity index is 2.04. The second kappa shape index (κ2) is 8.36. The Morgan fingerprint density at radius 2 is 1.48 bits per heavy atom. The minimum absolute atomic E-state index is 0.253. The zero-order chi connectivity index (χ0) is 18.7. The molecule has 0 atom stereocenters. The van der Waals surface area contributed by atoms with Crippen molar-refractivity contribution in [3.8, 4) is 0 Å². The smallest absolute Gasteiger partial charge is 0.192 e. The third kappa shape index (κ3) is 5.66. The second-order valence-electron chi connectivity index (χ2n) is 8.32. The molecular formula is C22H31IOSi. The van der Waals surface area contributed by atoms with Gasteiger partial charge in [0.2, 0.25) is 0 Å². The second-order valence-corrected chi connectivity index (χ2v) is 14.3. The number of halogens is 1. The molecule has 2 aromatic rings. The summed E-state index contributed by atoms with van der Waals surface area (Å²) in [5, 5.41) is 0.253. The van der Waals surface area contributed by atoms with E-state index in [2.05, 4.69) is 106 Å². The Bertz CT molecular complexity index is 699. The van der Waals surface area contributed by atoms with Gasteiger partial charge in [0, 0.05) is 3.57 Å². The van der Waals surface area contributed by atoms with Gasteiger partial charge in [0.15, 0.2) is 8.32 Å². The predicted octanol–water partition coefficient (Wildman–Crippen LogP) is 6.97. The van der Waals surface area contributed by atoms with Gasteiger partial charge in [-0.2, -0.15) is 0 Å². The van der Waals surface area contributed by atoms with Crippen LogP contribution >= 0.6 is 22.6 Å². The molecule has 0 N–H and O–H groups in total. The molecule has 0 fully saturated rings. The van der Waals surface area contributed by atoms with Gasteiger partial charge >= 0.3 is 0 Å². The maximum Gasteiger partial charge on any atom is 0.192 e. The first-order valence-electron chi connectivity index (χ1n) is 9.11. The molecule has 0 amide bonds. The Hall–Kier alpha value is -0.653. The lowest BCUT2D eigenvalue weighted by Crippen LogP contribution is -2.40. The number of hydrogen-bond donors (Lipinski definition) is 0. The first kappa shape index (κ1) is 20.7. The zero-order valence-corrected chi connectivity index (χ0v) is 19.6. The van der Waals surface area contributed by atoms with E-state index in [4.69, 9.17) is 4.43 Å². The lowest BCUT2D eigenvalue weighted by molar-refractivity contribution is 0.275. The molecule has 0 saturated heterocycles. The Kier molecular flexibility index (Phi) is 6.91. The van der Waals surface area contributed by atoms with Gasteiger partial charge in [0.05, 0.1) is 6.61 Å². The van der Waals surface area contributed by atoms with Crippen LogP contribution in [0.25, 0.3) is 0 Å². The maximum atomic E-state index is 6.38. The number of rotatable bonds is 6. The van der Waals surface area contributed by atoms with Crippen LogP contribution in [0.15, 0.2) is 42.5 Å². The van der Waals surface area contributed by atoms with Gasteiger partial charge in [0.25, 0.3) is 0 Å². The van der Waals surface area contributed by atoms with Crippen molar-refractivity contribution < 1.29 is 4.43 Å². The summed E-state index contributed by atoms with van der Waals surface area (Å²) in [5.74, 6) is 0. The third-order valence-corrected chi connectivity index (χ3v) is 10.8. The van der Waals surface area contributed by atoms with Crippen LogP contribution in [0.5, 0.6) is 0 Å². The van der Waals surface area contributed by atoms with Gasteiger partial charge in [0.1, 0.15) is 0 Å². The summed E-state index contributed by atoms with van der Waals surface area (Å²) in [6.45, 7) is 14.4. The lowest BCUT2D eigenvalue weighted by Gasteiger charge is -2.36. The highest BCUT2D eigenvalue weighted by Crippen LogP contribution is 2.37. The molecule has 0 radical (unpaired) electrons. The van der Waals surface area contributed by atoms with Gasteiger partial charge in [-0.3, -0.25) is 0 Å². The molecule has 25 heavy (non-hydrogen) atoms. The van der Waals surface area contributed by atoms with E-state index < -0.39 is 8.32 Å². The molecule has 0 aliphatic carbocycles. The van der Waals surface area contributed by atoms with Crippen molar-refractivity contribution in [2.75, 3.05) is 0 Å². The van der Waals surface area contributed by atoms with Crippen LogP contribution in [0, 0.1) is 3.57 Å². The molecule has 3 heteroatoms. The van der Waals surface area contributed by atoms with Crippen LogP contribution in [0.3, 0.4) is 0 Å². The topological polar surface area (TPSA) is 9.23 Å². The molecule has 136 valence electrons. The number of hydrogen-bond acceptors (Lipinski definition) is 1. The number of benzene rings is 2. The highest BCUT2D eigenvalue weighted by atomic mass is 127. The third-order valence-electron chi connectivity index (χ3n) is 5.35. The monoisotopic (exact) mass is 466 g/mol. The summed E-state index contributed by atoms with van der Waals surface area (Å²) in [5.41, 5.74) is 5.44. The van der Waals surface area contributed by atoms with Crippen molar-refractivity contribution in [3.63, 3.8) is 0 Å². The molecule has 0 saturated carbocycles. The van der Waals surface area contributed by atoms with Crippen molar-refractivity contribution in [3.05, 3.63) is 68.3 Å². The van der Waals surface area contributed by atoms with Gasteiger partial charge in [-0.25, -0.2) is 0 Å². The van der Waals surface area contributed by atoms with Crippen LogP contribution in [0.1, 0.15) is 49.9 Å². The molecule has 0 bridgehead atoms. The molecule has 0 aromatic heterocycles. The lowest BCUT2D eigenvalue weighted by atomic mass is 10.0. The Labute approximate surface area is 168 Å². The van der Waals surface area contributed by atoms with Crippen molar-refractivity contribution >= 4 is 30.9 Å². The van der Waals surface area contributed by atoms with E-state index in [-0.39, 0.29) is 5.04 Å². The van der Waals surface area contributed by atoms with E-state index >= 15 is 0 Å². The average molecular weight is 466 g/mol. The highest BCUT2D eigenvalue weighted by Gasteiger charge is 2.37. The summed E-state index contributed by atoms with van der Waals surface area (Å²) >= 11 is 2.45. The van der Waals surface area contributed by atoms with Crippen LogP contribution in [0.2, 0.25) is 18.1 Å². The van der Waals surface area contributed by atoms with E-state index in [9.17, 15) is 0 Å². The van der Waals surface area contributed by atoms with Crippen molar-refractivity contribution in [2.45, 2.75) is 65.3 Å². The van der Waals surface area contributed by atoms with Gasteiger partial charge in [-0.15, -0.1) is 0 Å². The van der Waals surface area contributed by atoms with E-state index in [1.165, 1.54) is 25.8 Å². The first-order chi connectivity index (χ1) is 11.6. The minimum Gasteiger partial charge on any atom is -0.413 e. The fourth-order valence-corrected chi connectivity index (χ4v) is 4.11. The summed E-state index contributed by atoms with van der Waals surface area (Å²) in [4.78, 5) is 0. The van der Waals surface area contributed by atoms with E-state index in [0.717, 1.165) is 19.4 Å². The molecule has 0 spiro atoms. The maximum absolute atomic E-state index is 6.38. The van der Waals surface area contributed by atoms with Crippen molar-refractivity contribution in [2.24, 2.45) is 0 Å². The van der Waals surface area contributed by atoms with Gasteiger partial charge in [-0.05, 0) is 81.9 Å². The van der Waals surface area contributed by atoms with Crippen LogP contribution in [-0.4, -0.2) is 8.32 Å². The molecule has 0 aliphatic rings. The molecule has 0 heterocycles. The Morgan fingerprint density at radius 3 is 2.00 bits per heavy atom. The first-order valence-corrected chi connectivity index (χ1v) is 13.1. The molecule has 0 aliphatic heterocycles. The Morgan fingerprint density at radius 1 is 0.920 bits per heavy atom. The van der Waals surface area contributed by atoms with Gasteiger partial charge in [-0.1, -0.05) is 64.1 Å². The standard InChI is InChI=1S/C22H31IOSi/c1-7-17-8-10-18(11-9-17)14-19-12-13-20(21(23)15-19)16-24-25(5,6)22(2,3)4/h8-13,15H,7,14,16H2,1-6H3. The molecule has 0 unspecified atom stereocenters. The van der Waals surface area contributed by atoms with Crippen LogP contribution < -0.4 is 0 Å². The summed E-state index contributed by atoms with van der Waals surface area (Å²) in [7, 11) is -1.70. The van der Waals surface area contributed by atoms with Crippen LogP contribution in [0.4, 0.5) is 0 Å². The zero-order valence-electron chi connectivity index (χ0n) is 16.4. The molecular weight excluding hydrogens is 435 g/mol. The largest absolute Gasteiger partial charge is 0.413 e. The predicted molar refractivity (Wildman–Crippen MR) is 120 cm³/mol. The van der Waals surface area contributed by atoms with Gasteiger partial charge < -0.3 is 4.43 Å². The fourth-order valence-electron chi connectivity index (χ4n) is 2.42. The quantitative estimate of drug-likeness (QED) is 0.330. The van der Waals surface area contributed by atoms with E-state index in [0.29, 0.717) is 0 Å². The summed E-state index contributed by atoms with van der Waals surface area (Å²) < 4.78 is 7.68. The average Bonchev–Trinajstić information content (AvgIpc) is 2.54. The highest BCUT2D eigenvalue weighted by molar-refractivity contribution is 14.1. The minimum atomic E-state index is -1.70. The SMILES string of the molecule is CCc1ccc(Cc2ccc(CO[Si](C)(C)C(C)(C)C)c(I)c2)cc1.